The molecule has 0 aromatic heterocycles. The van der Waals surface area contributed by atoms with E-state index in [9.17, 15) is 0 Å². The molecular formula is C4H9KO8PbSn. The Hall–Kier alpha value is 1.24. The molecule has 0 aromatic carbocycles. The first-order valence-corrected chi connectivity index (χ1v) is 2.21. The fourth-order valence-electron chi connectivity index (χ4n) is 0. The molecule has 15 heavy (non-hydrogen) atoms. The van der Waals surface area contributed by atoms with Crippen molar-refractivity contribution in [1.29, 1.82) is 0 Å². The predicted octanol–water partition coefficient (Wildman–Crippen LogP) is -6.40. The van der Waals surface area contributed by atoms with Crippen molar-refractivity contribution in [1.82, 2.24) is 0 Å². The molecule has 0 saturated heterocycles. The Balaban J connectivity index is -0.0000000250. The van der Waals surface area contributed by atoms with Crippen LogP contribution >= 0.6 is 0 Å². The summed E-state index contributed by atoms with van der Waals surface area (Å²) in [6.45, 7) is 0. The molecule has 0 bridgehead atoms. The molecule has 4 N–H and O–H groups in total. The molecule has 0 heterocycles. The van der Waals surface area contributed by atoms with Crippen LogP contribution in [-0.2, 0) is 19.2 Å². The number of aliphatic carboxylic acids is 4. The SMILES string of the molecule is O=C(O)C(=O)O.O=C(O)C(=O)O.[H-].[K+].[PbH2].[SnH2]. The molecule has 8 nitrogen and oxygen atoms in total. The van der Waals surface area contributed by atoms with E-state index in [0.29, 0.717) is 0 Å². The molecular weight excluding hydrogens is 541 g/mol. The fraction of sp³-hybridized carbons (Fsp3) is 0. The van der Waals surface area contributed by atoms with Gasteiger partial charge in [-0.2, -0.15) is 0 Å². The second kappa shape index (κ2) is 17.6. The standard InChI is InChI=1S/2C2H2O4.K.Pb.Sn.5H/c2*3-1(4)2(5)6;;;;;;;;/h2*(H,3,4)(H,5,6);;;;;;;;/q;;+1;;;;;;;-1. The zero-order valence-electron chi connectivity index (χ0n) is 8.84. The van der Waals surface area contributed by atoms with Crippen LogP contribution in [0.5, 0.6) is 0 Å². The quantitative estimate of drug-likeness (QED) is 0.172. The first-order valence-electron chi connectivity index (χ1n) is 2.21. The van der Waals surface area contributed by atoms with Crippen LogP contribution in [0.15, 0.2) is 0 Å². The summed E-state index contributed by atoms with van der Waals surface area (Å²) in [6.07, 6.45) is 0. The molecule has 0 unspecified atom stereocenters. The Morgan fingerprint density at radius 1 is 0.667 bits per heavy atom. The van der Waals surface area contributed by atoms with Crippen LogP contribution in [0.1, 0.15) is 1.43 Å². The van der Waals surface area contributed by atoms with E-state index in [1.807, 2.05) is 0 Å². The number of hydrogen-bond donors (Lipinski definition) is 4. The molecule has 0 aliphatic carbocycles. The van der Waals surface area contributed by atoms with E-state index >= 15 is 0 Å². The average Bonchev–Trinajstić information content (AvgIpc) is 1.88. The zero-order valence-corrected chi connectivity index (χ0v) is 20.5. The molecule has 0 saturated carbocycles. The van der Waals surface area contributed by atoms with Gasteiger partial charge in [-0.1, -0.05) is 0 Å². The molecule has 0 spiro atoms. The van der Waals surface area contributed by atoms with Gasteiger partial charge < -0.3 is 21.9 Å². The Bertz CT molecular complexity index is 188. The van der Waals surface area contributed by atoms with Gasteiger partial charge in [0.25, 0.3) is 0 Å². The Labute approximate surface area is 164 Å². The van der Waals surface area contributed by atoms with Gasteiger partial charge in [-0.15, -0.1) is 0 Å². The van der Waals surface area contributed by atoms with Crippen LogP contribution in [0.25, 0.3) is 0 Å². The Morgan fingerprint density at radius 2 is 0.733 bits per heavy atom. The van der Waals surface area contributed by atoms with E-state index in [0.717, 1.165) is 0 Å². The third-order valence-corrected chi connectivity index (χ3v) is 0.366. The van der Waals surface area contributed by atoms with E-state index in [1.165, 1.54) is 0 Å². The van der Waals surface area contributed by atoms with E-state index in [-0.39, 0.29) is 104 Å². The van der Waals surface area contributed by atoms with Crippen LogP contribution in [0.4, 0.5) is 0 Å². The van der Waals surface area contributed by atoms with Crippen LogP contribution < -0.4 is 51.4 Å². The predicted molar refractivity (Wildman–Crippen MR) is 48.7 cm³/mol. The van der Waals surface area contributed by atoms with Gasteiger partial charge in [0.2, 0.25) is 0 Å². The van der Waals surface area contributed by atoms with Gasteiger partial charge in [0.05, 0.1) is 0 Å². The van der Waals surface area contributed by atoms with Crippen LogP contribution in [0.2, 0.25) is 0 Å². The summed E-state index contributed by atoms with van der Waals surface area (Å²) in [5.74, 6) is -7.30. The molecule has 0 aliphatic rings. The van der Waals surface area contributed by atoms with Crippen LogP contribution in [0, 0.1) is 0 Å². The third-order valence-electron chi connectivity index (χ3n) is 0.366. The van der Waals surface area contributed by atoms with Crippen molar-refractivity contribution >= 4 is 75.1 Å². The van der Waals surface area contributed by atoms with Gasteiger partial charge in [0.1, 0.15) is 0 Å². The molecule has 0 aliphatic heterocycles. The van der Waals surface area contributed by atoms with Crippen molar-refractivity contribution in [2.24, 2.45) is 0 Å². The van der Waals surface area contributed by atoms with E-state index in [2.05, 4.69) is 0 Å². The van der Waals surface area contributed by atoms with Gasteiger partial charge in [0.15, 0.2) is 0 Å². The van der Waals surface area contributed by atoms with Crippen LogP contribution in [-0.4, -0.2) is 95.5 Å². The molecule has 0 aromatic rings. The van der Waals surface area contributed by atoms with E-state index < -0.39 is 23.9 Å². The summed E-state index contributed by atoms with van der Waals surface area (Å²) >= 11 is 0. The van der Waals surface area contributed by atoms with Gasteiger partial charge in [-0.25, -0.2) is 19.2 Å². The molecule has 4 radical (unpaired) electrons. The van der Waals surface area contributed by atoms with Crippen molar-refractivity contribution in [2.75, 3.05) is 0 Å². The summed E-state index contributed by atoms with van der Waals surface area (Å²) in [6, 6.07) is 0. The minimum absolute atomic E-state index is 0. The first kappa shape index (κ1) is 29.9. The third kappa shape index (κ3) is 31.3. The summed E-state index contributed by atoms with van der Waals surface area (Å²) in [7, 11) is 0. The van der Waals surface area contributed by atoms with E-state index in [1.54, 1.807) is 0 Å². The Morgan fingerprint density at radius 3 is 0.733 bits per heavy atom. The van der Waals surface area contributed by atoms with Crippen molar-refractivity contribution in [3.05, 3.63) is 0 Å². The second-order valence-corrected chi connectivity index (χ2v) is 1.22. The minimum atomic E-state index is -1.82. The van der Waals surface area contributed by atoms with Crippen LogP contribution in [0.3, 0.4) is 0 Å². The summed E-state index contributed by atoms with van der Waals surface area (Å²) < 4.78 is 0. The average molecular weight is 550 g/mol. The van der Waals surface area contributed by atoms with Crippen molar-refractivity contribution in [3.8, 4) is 0 Å². The van der Waals surface area contributed by atoms with Crippen molar-refractivity contribution in [2.45, 2.75) is 0 Å². The number of rotatable bonds is 0. The van der Waals surface area contributed by atoms with Crippen molar-refractivity contribution < 1.29 is 92.4 Å². The molecule has 0 atom stereocenters. The number of carbonyl (C=O) groups is 4. The first-order chi connectivity index (χ1) is 5.29. The molecule has 0 rings (SSSR count). The molecule has 0 amide bonds. The summed E-state index contributed by atoms with van der Waals surface area (Å²) in [5.41, 5.74) is 0. The maximum absolute atomic E-state index is 9.10. The maximum atomic E-state index is 9.10. The number of carboxylic acids is 4. The zero-order chi connectivity index (χ0) is 10.3. The Kier molecular flexibility index (Phi) is 35.1. The molecule has 82 valence electrons. The number of carboxylic acid groups (broad SMARTS) is 4. The van der Waals surface area contributed by atoms with Gasteiger partial charge in [0, 0.05) is 0 Å². The van der Waals surface area contributed by atoms with E-state index in [4.69, 9.17) is 39.6 Å². The van der Waals surface area contributed by atoms with Gasteiger partial charge in [-0.05, 0) is 0 Å². The number of hydrogen-bond acceptors (Lipinski definition) is 4. The molecule has 11 heteroatoms. The van der Waals surface area contributed by atoms with Gasteiger partial charge in [-0.3, -0.25) is 0 Å². The monoisotopic (exact) mass is 552 g/mol. The molecule has 0 fully saturated rings. The summed E-state index contributed by atoms with van der Waals surface area (Å²) in [5, 5.41) is 29.6. The topological polar surface area (TPSA) is 149 Å². The fourth-order valence-corrected chi connectivity index (χ4v) is 0. The van der Waals surface area contributed by atoms with Crippen molar-refractivity contribution in [3.63, 3.8) is 0 Å². The normalized spacial score (nSPS) is 5.87. The summed E-state index contributed by atoms with van der Waals surface area (Å²) in [4.78, 5) is 36.4. The second-order valence-electron chi connectivity index (χ2n) is 1.22. The van der Waals surface area contributed by atoms with Gasteiger partial charge >= 0.3 is 126 Å².